The molecule has 0 aliphatic rings. The van der Waals surface area contributed by atoms with Crippen molar-refractivity contribution in [2.75, 3.05) is 13.1 Å². The summed E-state index contributed by atoms with van der Waals surface area (Å²) in [4.78, 5) is 0. The molecular formula is C22H31N. The topological polar surface area (TPSA) is 12.0 Å². The van der Waals surface area contributed by atoms with Crippen LogP contribution in [0.2, 0.25) is 0 Å². The zero-order valence-electron chi connectivity index (χ0n) is 14.5. The van der Waals surface area contributed by atoms with E-state index >= 15 is 0 Å². The van der Waals surface area contributed by atoms with E-state index in [9.17, 15) is 0 Å². The number of unbranched alkanes of at least 4 members (excludes halogenated alkanes) is 5. The second kappa shape index (κ2) is 11.0. The van der Waals surface area contributed by atoms with Crippen LogP contribution in [0.15, 0.2) is 60.7 Å². The third kappa shape index (κ3) is 6.58. The van der Waals surface area contributed by atoms with Crippen molar-refractivity contribution in [3.63, 3.8) is 0 Å². The Labute approximate surface area is 142 Å². The normalized spacial score (nSPS) is 11.0. The van der Waals surface area contributed by atoms with Crippen molar-refractivity contribution in [1.29, 1.82) is 0 Å². The maximum Gasteiger partial charge on any atom is 0.0214 e. The minimum atomic E-state index is 0.442. The van der Waals surface area contributed by atoms with Gasteiger partial charge in [-0.1, -0.05) is 99.7 Å². The van der Waals surface area contributed by atoms with E-state index in [1.54, 1.807) is 0 Å². The number of benzene rings is 2. The van der Waals surface area contributed by atoms with Crippen molar-refractivity contribution in [3.05, 3.63) is 71.8 Å². The van der Waals surface area contributed by atoms with Crippen LogP contribution in [0.3, 0.4) is 0 Å². The molecule has 0 aliphatic heterocycles. The van der Waals surface area contributed by atoms with Gasteiger partial charge in [0.25, 0.3) is 0 Å². The Morgan fingerprint density at radius 1 is 0.696 bits per heavy atom. The van der Waals surface area contributed by atoms with Gasteiger partial charge in [0, 0.05) is 12.5 Å². The molecule has 23 heavy (non-hydrogen) atoms. The summed E-state index contributed by atoms with van der Waals surface area (Å²) in [5.74, 6) is 0.442. The van der Waals surface area contributed by atoms with Gasteiger partial charge in [0.1, 0.15) is 0 Å². The molecule has 2 rings (SSSR count). The Kier molecular flexibility index (Phi) is 8.50. The lowest BCUT2D eigenvalue weighted by Gasteiger charge is -2.19. The van der Waals surface area contributed by atoms with E-state index < -0.39 is 0 Å². The highest BCUT2D eigenvalue weighted by atomic mass is 14.9. The molecule has 0 atom stereocenters. The van der Waals surface area contributed by atoms with Gasteiger partial charge in [0.2, 0.25) is 0 Å². The Bertz CT molecular complexity index is 467. The molecule has 124 valence electrons. The van der Waals surface area contributed by atoms with Gasteiger partial charge in [-0.3, -0.25) is 0 Å². The molecule has 0 amide bonds. The van der Waals surface area contributed by atoms with E-state index in [1.165, 1.54) is 49.7 Å². The third-order valence-corrected chi connectivity index (χ3v) is 4.46. The molecular weight excluding hydrogens is 278 g/mol. The van der Waals surface area contributed by atoms with E-state index in [-0.39, 0.29) is 0 Å². The maximum absolute atomic E-state index is 3.67. The van der Waals surface area contributed by atoms with Crippen molar-refractivity contribution in [2.24, 2.45) is 0 Å². The quantitative estimate of drug-likeness (QED) is 0.520. The van der Waals surface area contributed by atoms with Gasteiger partial charge in [0.05, 0.1) is 0 Å². The van der Waals surface area contributed by atoms with Crippen molar-refractivity contribution in [1.82, 2.24) is 5.32 Å². The second-order valence-electron chi connectivity index (χ2n) is 6.35. The molecule has 2 aromatic rings. The summed E-state index contributed by atoms with van der Waals surface area (Å²) < 4.78 is 0. The molecule has 0 saturated carbocycles. The highest BCUT2D eigenvalue weighted by Crippen LogP contribution is 2.23. The third-order valence-electron chi connectivity index (χ3n) is 4.46. The first-order valence-corrected chi connectivity index (χ1v) is 9.22. The van der Waals surface area contributed by atoms with Crippen LogP contribution in [-0.4, -0.2) is 13.1 Å². The Hall–Kier alpha value is -1.60. The summed E-state index contributed by atoms with van der Waals surface area (Å²) in [7, 11) is 0. The van der Waals surface area contributed by atoms with Gasteiger partial charge in [-0.05, 0) is 24.1 Å². The highest BCUT2D eigenvalue weighted by Gasteiger charge is 2.12. The fraction of sp³-hybridized carbons (Fsp3) is 0.455. The molecule has 0 heterocycles. The molecule has 1 N–H and O–H groups in total. The molecule has 0 spiro atoms. The van der Waals surface area contributed by atoms with Crippen LogP contribution in [0.4, 0.5) is 0 Å². The summed E-state index contributed by atoms with van der Waals surface area (Å²) in [5.41, 5.74) is 2.79. The molecule has 0 aliphatic carbocycles. The molecule has 0 unspecified atom stereocenters. The number of hydrogen-bond acceptors (Lipinski definition) is 1. The van der Waals surface area contributed by atoms with E-state index in [0.29, 0.717) is 5.92 Å². The van der Waals surface area contributed by atoms with E-state index in [4.69, 9.17) is 0 Å². The fourth-order valence-electron chi connectivity index (χ4n) is 3.08. The molecule has 2 aromatic carbocycles. The standard InChI is InChI=1S/C22H31N/c1-2-3-4-5-6-13-18-23-19-22(20-14-9-7-10-15-20)21-16-11-8-12-17-21/h7-12,14-17,22-23H,2-6,13,18-19H2,1H3. The summed E-state index contributed by atoms with van der Waals surface area (Å²) in [5, 5.41) is 3.67. The predicted octanol–water partition coefficient (Wildman–Crippen LogP) is 5.77. The van der Waals surface area contributed by atoms with Crippen LogP contribution < -0.4 is 5.32 Å². The zero-order valence-corrected chi connectivity index (χ0v) is 14.5. The van der Waals surface area contributed by atoms with Crippen molar-refractivity contribution in [2.45, 2.75) is 51.4 Å². The lowest BCUT2D eigenvalue weighted by Crippen LogP contribution is -2.23. The van der Waals surface area contributed by atoms with Crippen LogP contribution in [0.25, 0.3) is 0 Å². The van der Waals surface area contributed by atoms with Gasteiger partial charge < -0.3 is 5.32 Å². The number of rotatable bonds is 11. The maximum atomic E-state index is 3.67. The fourth-order valence-corrected chi connectivity index (χ4v) is 3.08. The average Bonchev–Trinajstić information content (AvgIpc) is 2.62. The minimum Gasteiger partial charge on any atom is -0.316 e. The van der Waals surface area contributed by atoms with Crippen LogP contribution >= 0.6 is 0 Å². The first kappa shape index (κ1) is 17.7. The molecule has 0 fully saturated rings. The Balaban J connectivity index is 1.80. The van der Waals surface area contributed by atoms with E-state index in [0.717, 1.165) is 13.1 Å². The van der Waals surface area contributed by atoms with Gasteiger partial charge >= 0.3 is 0 Å². The molecule has 1 nitrogen and oxygen atoms in total. The lowest BCUT2D eigenvalue weighted by molar-refractivity contribution is 0.560. The van der Waals surface area contributed by atoms with Crippen LogP contribution in [0.5, 0.6) is 0 Å². The summed E-state index contributed by atoms with van der Waals surface area (Å²) in [6, 6.07) is 21.7. The summed E-state index contributed by atoms with van der Waals surface area (Å²) in [6.45, 7) is 4.42. The number of nitrogens with one attached hydrogen (secondary N) is 1. The summed E-state index contributed by atoms with van der Waals surface area (Å²) >= 11 is 0. The van der Waals surface area contributed by atoms with Crippen LogP contribution in [0, 0.1) is 0 Å². The van der Waals surface area contributed by atoms with Gasteiger partial charge in [-0.15, -0.1) is 0 Å². The Morgan fingerprint density at radius 2 is 1.22 bits per heavy atom. The lowest BCUT2D eigenvalue weighted by atomic mass is 9.91. The van der Waals surface area contributed by atoms with Gasteiger partial charge in [-0.2, -0.15) is 0 Å². The van der Waals surface area contributed by atoms with E-state index in [1.807, 2.05) is 0 Å². The SMILES string of the molecule is CCCCCCCCNCC(c1ccccc1)c1ccccc1. The average molecular weight is 309 g/mol. The summed E-state index contributed by atoms with van der Waals surface area (Å²) in [6.07, 6.45) is 8.14. The first-order chi connectivity index (χ1) is 11.4. The largest absolute Gasteiger partial charge is 0.316 e. The monoisotopic (exact) mass is 309 g/mol. The van der Waals surface area contributed by atoms with Crippen molar-refractivity contribution < 1.29 is 0 Å². The molecule has 0 saturated heterocycles. The zero-order chi connectivity index (χ0) is 16.2. The van der Waals surface area contributed by atoms with Gasteiger partial charge in [-0.25, -0.2) is 0 Å². The highest BCUT2D eigenvalue weighted by molar-refractivity contribution is 5.32. The molecule has 0 aromatic heterocycles. The van der Waals surface area contributed by atoms with Crippen LogP contribution in [-0.2, 0) is 0 Å². The van der Waals surface area contributed by atoms with Crippen LogP contribution in [0.1, 0.15) is 62.5 Å². The van der Waals surface area contributed by atoms with Gasteiger partial charge in [0.15, 0.2) is 0 Å². The number of hydrogen-bond donors (Lipinski definition) is 1. The van der Waals surface area contributed by atoms with Crippen molar-refractivity contribution >= 4 is 0 Å². The molecule has 1 heteroatoms. The minimum absolute atomic E-state index is 0.442. The molecule has 0 bridgehead atoms. The molecule has 0 radical (unpaired) electrons. The smallest absolute Gasteiger partial charge is 0.0214 e. The Morgan fingerprint density at radius 3 is 1.78 bits per heavy atom. The van der Waals surface area contributed by atoms with Crippen molar-refractivity contribution in [3.8, 4) is 0 Å². The first-order valence-electron chi connectivity index (χ1n) is 9.22. The second-order valence-corrected chi connectivity index (χ2v) is 6.35. The van der Waals surface area contributed by atoms with E-state index in [2.05, 4.69) is 72.9 Å². The predicted molar refractivity (Wildman–Crippen MR) is 101 cm³/mol.